The summed E-state index contributed by atoms with van der Waals surface area (Å²) < 4.78 is 30.6. The van der Waals surface area contributed by atoms with E-state index in [9.17, 15) is 18.0 Å². The lowest BCUT2D eigenvalue weighted by Crippen LogP contribution is -2.08. The zero-order valence-corrected chi connectivity index (χ0v) is 15.1. The molecule has 1 N–H and O–H groups in total. The van der Waals surface area contributed by atoms with E-state index in [4.69, 9.17) is 27.9 Å². The Morgan fingerprint density at radius 3 is 2.33 bits per heavy atom. The van der Waals surface area contributed by atoms with Crippen molar-refractivity contribution >= 4 is 45.3 Å². The number of aromatic amines is 1. The maximum atomic E-state index is 12.9. The monoisotopic (exact) mass is 389 g/mol. The Morgan fingerprint density at radius 2 is 1.83 bits per heavy atom. The van der Waals surface area contributed by atoms with Gasteiger partial charge in [0.2, 0.25) is 9.84 Å². The van der Waals surface area contributed by atoms with E-state index >= 15 is 0 Å². The molecular weight excluding hydrogens is 377 g/mol. The summed E-state index contributed by atoms with van der Waals surface area (Å²) in [5.74, 6) is -0.747. The zero-order chi connectivity index (χ0) is 18.1. The van der Waals surface area contributed by atoms with Crippen molar-refractivity contribution in [3.63, 3.8) is 0 Å². The Bertz CT molecular complexity index is 898. The maximum Gasteiger partial charge on any atom is 0.355 e. The van der Waals surface area contributed by atoms with Crippen LogP contribution in [-0.4, -0.2) is 32.3 Å². The normalized spacial score (nSPS) is 11.3. The summed E-state index contributed by atoms with van der Waals surface area (Å²) in [6, 6.07) is 3.82. The van der Waals surface area contributed by atoms with Gasteiger partial charge in [0.15, 0.2) is 6.29 Å². The molecule has 2 aromatic rings. The predicted molar refractivity (Wildman–Crippen MR) is 88.8 cm³/mol. The van der Waals surface area contributed by atoms with Gasteiger partial charge in [-0.1, -0.05) is 23.2 Å². The molecule has 0 fully saturated rings. The Hall–Kier alpha value is -1.83. The van der Waals surface area contributed by atoms with Gasteiger partial charge in [0, 0.05) is 15.6 Å². The number of aldehydes is 1. The molecule has 0 aliphatic carbocycles. The molecule has 6 nitrogen and oxygen atoms in total. The highest BCUT2D eigenvalue weighted by Gasteiger charge is 2.30. The number of carbonyl (C=O) groups excluding carboxylic acids is 2. The quantitative estimate of drug-likeness (QED) is 0.624. The minimum atomic E-state index is -4.12. The summed E-state index contributed by atoms with van der Waals surface area (Å²) in [5.41, 5.74) is -0.246. The molecule has 0 saturated heterocycles. The van der Waals surface area contributed by atoms with E-state index in [0.29, 0.717) is 6.29 Å². The van der Waals surface area contributed by atoms with Crippen LogP contribution in [0.15, 0.2) is 28.0 Å². The number of hydrogen-bond acceptors (Lipinski definition) is 5. The molecule has 0 radical (unpaired) electrons. The van der Waals surface area contributed by atoms with Gasteiger partial charge in [0.1, 0.15) is 10.6 Å². The smallest absolute Gasteiger partial charge is 0.355 e. The van der Waals surface area contributed by atoms with E-state index in [1.54, 1.807) is 6.92 Å². The molecule has 0 atom stereocenters. The fourth-order valence-electron chi connectivity index (χ4n) is 2.24. The van der Waals surface area contributed by atoms with Crippen molar-refractivity contribution in [1.29, 1.82) is 0 Å². The number of benzene rings is 1. The second kappa shape index (κ2) is 6.96. The number of sulfone groups is 1. The summed E-state index contributed by atoms with van der Waals surface area (Å²) in [6.45, 7) is 3.14. The number of aromatic nitrogens is 1. The molecule has 0 unspecified atom stereocenters. The van der Waals surface area contributed by atoms with Crippen molar-refractivity contribution in [2.45, 2.75) is 23.6 Å². The van der Waals surface area contributed by atoms with E-state index in [0.717, 1.165) is 0 Å². The van der Waals surface area contributed by atoms with Gasteiger partial charge in [0.25, 0.3) is 0 Å². The molecule has 0 bridgehead atoms. The highest BCUT2D eigenvalue weighted by Crippen LogP contribution is 2.32. The van der Waals surface area contributed by atoms with E-state index in [-0.39, 0.29) is 43.4 Å². The SMILES string of the molecule is CCOC(=O)c1[nH]c(C=O)c(S(=O)(=O)c2cc(Cl)cc(Cl)c2)c1C. The molecule has 0 aliphatic heterocycles. The predicted octanol–water partition coefficient (Wildman–Crippen LogP) is 3.45. The van der Waals surface area contributed by atoms with Gasteiger partial charge in [-0.25, -0.2) is 13.2 Å². The van der Waals surface area contributed by atoms with Gasteiger partial charge in [-0.2, -0.15) is 0 Å². The van der Waals surface area contributed by atoms with Crippen LogP contribution >= 0.6 is 23.2 Å². The van der Waals surface area contributed by atoms with E-state index in [1.165, 1.54) is 25.1 Å². The first-order valence-electron chi connectivity index (χ1n) is 6.78. The van der Waals surface area contributed by atoms with Gasteiger partial charge < -0.3 is 9.72 Å². The van der Waals surface area contributed by atoms with Crippen LogP contribution in [0.2, 0.25) is 10.0 Å². The number of carbonyl (C=O) groups is 2. The van der Waals surface area contributed by atoms with Crippen LogP contribution in [0.1, 0.15) is 33.5 Å². The molecule has 0 aliphatic rings. The molecule has 0 spiro atoms. The van der Waals surface area contributed by atoms with E-state index < -0.39 is 15.8 Å². The van der Waals surface area contributed by atoms with Crippen LogP contribution in [0.3, 0.4) is 0 Å². The number of H-pyrrole nitrogens is 1. The van der Waals surface area contributed by atoms with Gasteiger partial charge in [-0.15, -0.1) is 0 Å². The van der Waals surface area contributed by atoms with Crippen LogP contribution < -0.4 is 0 Å². The molecular formula is C15H13Cl2NO5S. The van der Waals surface area contributed by atoms with E-state index in [1.807, 2.05) is 0 Å². The Labute approximate surface area is 148 Å². The van der Waals surface area contributed by atoms with Crippen molar-refractivity contribution in [3.05, 3.63) is 45.2 Å². The lowest BCUT2D eigenvalue weighted by Gasteiger charge is -2.07. The van der Waals surface area contributed by atoms with Crippen LogP contribution in [0, 0.1) is 6.92 Å². The molecule has 0 amide bonds. The fourth-order valence-corrected chi connectivity index (χ4v) is 4.59. The Morgan fingerprint density at radius 1 is 1.25 bits per heavy atom. The minimum Gasteiger partial charge on any atom is -0.461 e. The van der Waals surface area contributed by atoms with Crippen LogP contribution in [0.25, 0.3) is 0 Å². The first-order chi connectivity index (χ1) is 11.2. The standard InChI is InChI=1S/C15H13Cl2NO5S/c1-3-23-15(20)13-8(2)14(12(7-19)18-13)24(21,22)11-5-9(16)4-10(17)6-11/h4-7,18H,3H2,1-2H3. The number of hydrogen-bond donors (Lipinski definition) is 1. The maximum absolute atomic E-state index is 12.9. The second-order valence-corrected chi connectivity index (χ2v) is 7.57. The lowest BCUT2D eigenvalue weighted by molar-refractivity contribution is 0.0519. The number of halogens is 2. The Kier molecular flexibility index (Phi) is 5.37. The highest BCUT2D eigenvalue weighted by molar-refractivity contribution is 7.91. The van der Waals surface area contributed by atoms with Gasteiger partial charge in [-0.05, 0) is 32.0 Å². The average molecular weight is 390 g/mol. The molecule has 2 rings (SSSR count). The summed E-state index contributed by atoms with van der Waals surface area (Å²) in [7, 11) is -4.12. The van der Waals surface area contributed by atoms with Crippen molar-refractivity contribution in [3.8, 4) is 0 Å². The van der Waals surface area contributed by atoms with Crippen molar-refractivity contribution < 1.29 is 22.7 Å². The Balaban J connectivity index is 2.70. The summed E-state index contributed by atoms with van der Waals surface area (Å²) in [6.07, 6.45) is 0.328. The first-order valence-corrected chi connectivity index (χ1v) is 9.02. The fraction of sp³-hybridized carbons (Fsp3) is 0.200. The molecule has 24 heavy (non-hydrogen) atoms. The largest absolute Gasteiger partial charge is 0.461 e. The van der Waals surface area contributed by atoms with Crippen LogP contribution in [-0.2, 0) is 14.6 Å². The molecule has 1 heterocycles. The number of nitrogens with one attached hydrogen (secondary N) is 1. The molecule has 9 heteroatoms. The van der Waals surface area contributed by atoms with Crippen LogP contribution in [0.5, 0.6) is 0 Å². The van der Waals surface area contributed by atoms with Gasteiger partial charge >= 0.3 is 5.97 Å². The van der Waals surface area contributed by atoms with Crippen molar-refractivity contribution in [2.75, 3.05) is 6.61 Å². The zero-order valence-electron chi connectivity index (χ0n) is 12.7. The topological polar surface area (TPSA) is 93.3 Å². The molecule has 128 valence electrons. The second-order valence-electron chi connectivity index (χ2n) is 4.81. The number of esters is 1. The average Bonchev–Trinajstić information content (AvgIpc) is 2.84. The molecule has 0 saturated carbocycles. The third-order valence-corrected chi connectivity index (χ3v) is 5.59. The van der Waals surface area contributed by atoms with Gasteiger partial charge in [-0.3, -0.25) is 4.79 Å². The lowest BCUT2D eigenvalue weighted by atomic mass is 10.2. The van der Waals surface area contributed by atoms with Gasteiger partial charge in [0.05, 0.1) is 17.2 Å². The number of rotatable bonds is 5. The van der Waals surface area contributed by atoms with E-state index in [2.05, 4.69) is 4.98 Å². The number of ether oxygens (including phenoxy) is 1. The first kappa shape index (κ1) is 18.5. The third kappa shape index (κ3) is 3.33. The third-order valence-electron chi connectivity index (χ3n) is 3.23. The summed E-state index contributed by atoms with van der Waals surface area (Å²) in [5, 5.41) is 0.264. The van der Waals surface area contributed by atoms with Crippen LogP contribution in [0.4, 0.5) is 0 Å². The minimum absolute atomic E-state index is 0.0895. The highest BCUT2D eigenvalue weighted by atomic mass is 35.5. The summed E-state index contributed by atoms with van der Waals surface area (Å²) in [4.78, 5) is 25.2. The molecule has 1 aromatic heterocycles. The van der Waals surface area contributed by atoms with Crippen molar-refractivity contribution in [2.24, 2.45) is 0 Å². The van der Waals surface area contributed by atoms with Crippen molar-refractivity contribution in [1.82, 2.24) is 4.98 Å². The molecule has 1 aromatic carbocycles. The summed E-state index contributed by atoms with van der Waals surface area (Å²) >= 11 is 11.7.